The summed E-state index contributed by atoms with van der Waals surface area (Å²) >= 11 is 0. The van der Waals surface area contributed by atoms with Gasteiger partial charge in [-0.15, -0.1) is 0 Å². The van der Waals surface area contributed by atoms with Gasteiger partial charge in [0.25, 0.3) is 0 Å². The Morgan fingerprint density at radius 1 is 0.904 bits per heavy atom. The van der Waals surface area contributed by atoms with E-state index >= 15 is 0 Å². The molecule has 4 fully saturated rings. The molecule has 0 unspecified atom stereocenters. The average molecular weight is 737 g/mol. The third-order valence-corrected chi connectivity index (χ3v) is 13.9. The maximum atomic E-state index is 14.6. The quantitative estimate of drug-likeness (QED) is 0.426. The van der Waals surface area contributed by atoms with Crippen LogP contribution in [0.15, 0.2) is 36.4 Å². The number of benzene rings is 1. The molecule has 4 heterocycles. The van der Waals surface area contributed by atoms with E-state index in [2.05, 4.69) is 10.8 Å². The summed E-state index contributed by atoms with van der Waals surface area (Å²) in [5.41, 5.74) is 1.01. The fraction of sp³-hybridized carbons (Fsp3) is 0.667. The lowest BCUT2D eigenvalue weighted by atomic mass is 9.90. The molecule has 2 saturated carbocycles. The average Bonchev–Trinajstić information content (AvgIpc) is 4.07. The van der Waals surface area contributed by atoms with E-state index in [-0.39, 0.29) is 49.3 Å². The molecule has 5 atom stereocenters. The van der Waals surface area contributed by atoms with Crippen LogP contribution in [0.5, 0.6) is 0 Å². The minimum Gasteiger partial charge on any atom is -0.444 e. The lowest BCUT2D eigenvalue weighted by Crippen LogP contribution is -2.47. The molecular weight excluding hydrogens is 685 g/mol. The van der Waals surface area contributed by atoms with E-state index in [1.54, 1.807) is 4.90 Å². The molecule has 13 heteroatoms. The van der Waals surface area contributed by atoms with Gasteiger partial charge in [0, 0.05) is 51.4 Å². The summed E-state index contributed by atoms with van der Waals surface area (Å²) in [6.45, 7) is 2.27. The highest BCUT2D eigenvalue weighted by Crippen LogP contribution is 2.57. The molecule has 1 N–H and O–H groups in total. The van der Waals surface area contributed by atoms with Gasteiger partial charge >= 0.3 is 6.09 Å². The molecule has 0 aromatic heterocycles. The molecule has 1 aromatic carbocycles. The normalized spacial score (nSPS) is 30.6. The molecule has 2 aliphatic carbocycles. The number of amides is 4. The van der Waals surface area contributed by atoms with Crippen molar-refractivity contribution in [2.24, 2.45) is 17.3 Å². The van der Waals surface area contributed by atoms with Crippen LogP contribution in [0.4, 0.5) is 4.79 Å². The summed E-state index contributed by atoms with van der Waals surface area (Å²) in [5.74, 6) is -2.31. The first kappa shape index (κ1) is 36.6. The third kappa shape index (κ3) is 8.09. The van der Waals surface area contributed by atoms with Crippen molar-refractivity contribution < 1.29 is 37.1 Å². The largest absolute Gasteiger partial charge is 0.444 e. The molecular formula is C39H52N4O8S. The Hall–Kier alpha value is -3.74. The van der Waals surface area contributed by atoms with Gasteiger partial charge in [-0.25, -0.2) is 13.2 Å². The van der Waals surface area contributed by atoms with Crippen LogP contribution in [-0.2, 0) is 46.9 Å². The highest BCUT2D eigenvalue weighted by Gasteiger charge is 2.61. The van der Waals surface area contributed by atoms with Crippen LogP contribution in [0, 0.1) is 17.3 Å². The van der Waals surface area contributed by atoms with E-state index in [1.165, 1.54) is 10.5 Å². The zero-order valence-electron chi connectivity index (χ0n) is 30.0. The number of nitrogens with zero attached hydrogens (tertiary/aromatic N) is 3. The number of ketones is 1. The summed E-state index contributed by atoms with van der Waals surface area (Å²) in [6.07, 6.45) is 11.3. The van der Waals surface area contributed by atoms with Gasteiger partial charge in [-0.1, -0.05) is 49.3 Å². The first-order valence-corrected chi connectivity index (χ1v) is 20.9. The van der Waals surface area contributed by atoms with E-state index in [9.17, 15) is 32.4 Å². The van der Waals surface area contributed by atoms with E-state index < -0.39 is 50.8 Å². The maximum Gasteiger partial charge on any atom is 0.410 e. The first-order valence-electron chi connectivity index (χ1n) is 19.4. The number of allylic oxidation sites excluding steroid dienone is 2. The van der Waals surface area contributed by atoms with E-state index in [4.69, 9.17) is 4.74 Å². The SMILES string of the molecule is O=C1C[C@]2(C(=O)NS(=O)(=O)C3CC3)C[C@H]2/C=C\CCCCC[C@H](CC(=O)N2CCCCC2)C(=O)N2C[C@H](OC(=O)N3CCc4ccccc4C3)C[C@@H]12. The van der Waals surface area contributed by atoms with Crippen LogP contribution >= 0.6 is 0 Å². The molecule has 4 aliphatic heterocycles. The highest BCUT2D eigenvalue weighted by molar-refractivity contribution is 7.90. The van der Waals surface area contributed by atoms with Crippen molar-refractivity contribution in [3.05, 3.63) is 47.5 Å². The van der Waals surface area contributed by atoms with Crippen LogP contribution in [0.1, 0.15) is 101 Å². The number of piperidine rings is 1. The van der Waals surface area contributed by atoms with Gasteiger partial charge in [0.15, 0.2) is 5.78 Å². The molecule has 12 nitrogen and oxygen atoms in total. The lowest BCUT2D eigenvalue weighted by Gasteiger charge is -2.31. The number of rotatable bonds is 6. The Morgan fingerprint density at radius 2 is 1.65 bits per heavy atom. The van der Waals surface area contributed by atoms with Crippen molar-refractivity contribution in [3.8, 4) is 0 Å². The zero-order chi connectivity index (χ0) is 36.5. The number of likely N-dealkylation sites (tertiary alicyclic amines) is 1. The second-order valence-corrected chi connectivity index (χ2v) is 17.8. The summed E-state index contributed by atoms with van der Waals surface area (Å²) in [5, 5.41) is -0.588. The van der Waals surface area contributed by atoms with E-state index in [1.807, 2.05) is 35.3 Å². The summed E-state index contributed by atoms with van der Waals surface area (Å²) in [4.78, 5) is 74.7. The number of ether oxygens (including phenoxy) is 1. The minimum absolute atomic E-state index is 0.0123. The highest BCUT2D eigenvalue weighted by atomic mass is 32.2. The Kier molecular flexibility index (Phi) is 10.8. The predicted octanol–water partition coefficient (Wildman–Crippen LogP) is 4.26. The van der Waals surface area contributed by atoms with Crippen molar-refractivity contribution in [2.75, 3.05) is 26.2 Å². The molecule has 52 heavy (non-hydrogen) atoms. The van der Waals surface area contributed by atoms with Gasteiger partial charge < -0.3 is 19.4 Å². The van der Waals surface area contributed by atoms with Crippen molar-refractivity contribution in [1.29, 1.82) is 0 Å². The van der Waals surface area contributed by atoms with Gasteiger partial charge in [-0.3, -0.25) is 23.9 Å². The standard InChI is InChI=1S/C39H52N4O8S/c44-34-24-39(37(47)40-52(49,50)32-15-16-32)23-30(39)14-6-3-1-2-5-12-28(21-35(45)41-18-9-4-10-19-41)36(46)43-26-31(22-33(34)43)51-38(48)42-20-17-27-11-7-8-13-29(27)25-42/h6-8,11,13-14,28,30-33H,1-5,9-10,12,15-26H2,(H,40,47)/b14-6-/t28-,30-,31-,33+,39-/m1/s1. The van der Waals surface area contributed by atoms with Crippen LogP contribution in [0.3, 0.4) is 0 Å². The second-order valence-electron chi connectivity index (χ2n) is 15.9. The van der Waals surface area contributed by atoms with Crippen molar-refractivity contribution in [1.82, 2.24) is 19.4 Å². The fourth-order valence-corrected chi connectivity index (χ4v) is 10.1. The van der Waals surface area contributed by atoms with Crippen LogP contribution in [0.2, 0.25) is 0 Å². The summed E-state index contributed by atoms with van der Waals surface area (Å²) in [6, 6.07) is 6.99. The maximum absolute atomic E-state index is 14.6. The van der Waals surface area contributed by atoms with Gasteiger partial charge in [0.1, 0.15) is 6.10 Å². The van der Waals surface area contributed by atoms with Crippen molar-refractivity contribution in [2.45, 2.75) is 120 Å². The number of carbonyl (C=O) groups is 5. The number of hydrogen-bond donors (Lipinski definition) is 1. The minimum atomic E-state index is -3.83. The Bertz CT molecular complexity index is 1700. The number of Topliss-reactive ketones (excluding diaryl/α,β-unsaturated/α-hetero) is 1. The Morgan fingerprint density at radius 3 is 2.42 bits per heavy atom. The number of nitrogens with one attached hydrogen (secondary N) is 1. The molecule has 0 bridgehead atoms. The van der Waals surface area contributed by atoms with Crippen LogP contribution in [-0.4, -0.2) is 96.3 Å². The smallest absolute Gasteiger partial charge is 0.410 e. The van der Waals surface area contributed by atoms with Crippen molar-refractivity contribution >= 4 is 39.6 Å². The van der Waals surface area contributed by atoms with Gasteiger partial charge in [0.05, 0.1) is 23.3 Å². The molecule has 282 valence electrons. The predicted molar refractivity (Wildman–Crippen MR) is 192 cm³/mol. The van der Waals surface area contributed by atoms with Crippen LogP contribution < -0.4 is 4.72 Å². The fourth-order valence-electron chi connectivity index (χ4n) is 8.67. The number of hydrogen-bond acceptors (Lipinski definition) is 8. The molecule has 0 spiro atoms. The number of fused-ring (bicyclic) bond motifs is 3. The molecule has 6 aliphatic rings. The van der Waals surface area contributed by atoms with Crippen LogP contribution in [0.25, 0.3) is 0 Å². The lowest BCUT2D eigenvalue weighted by molar-refractivity contribution is -0.145. The van der Waals surface area contributed by atoms with E-state index in [0.717, 1.165) is 50.5 Å². The zero-order valence-corrected chi connectivity index (χ0v) is 30.8. The summed E-state index contributed by atoms with van der Waals surface area (Å²) in [7, 11) is -3.83. The Balaban J connectivity index is 1.13. The van der Waals surface area contributed by atoms with Crippen molar-refractivity contribution in [3.63, 3.8) is 0 Å². The third-order valence-electron chi connectivity index (χ3n) is 12.1. The molecule has 4 amide bonds. The van der Waals surface area contributed by atoms with Gasteiger partial charge in [-0.05, 0) is 81.3 Å². The topological polar surface area (TPSA) is 150 Å². The monoisotopic (exact) mass is 736 g/mol. The van der Waals surface area contributed by atoms with E-state index in [0.29, 0.717) is 58.3 Å². The summed E-state index contributed by atoms with van der Waals surface area (Å²) < 4.78 is 34.0. The van der Waals surface area contributed by atoms with Gasteiger partial charge in [0.2, 0.25) is 27.7 Å². The molecule has 1 aromatic rings. The Labute approximate surface area is 306 Å². The number of carbonyl (C=O) groups excluding carboxylic acids is 5. The first-order chi connectivity index (χ1) is 25.0. The molecule has 2 saturated heterocycles. The number of sulfonamides is 1. The molecule has 0 radical (unpaired) electrons. The molecule has 7 rings (SSSR count). The van der Waals surface area contributed by atoms with Gasteiger partial charge in [-0.2, -0.15) is 0 Å². The second kappa shape index (κ2) is 15.3.